The second-order valence-electron chi connectivity index (χ2n) is 6.42. The molecule has 0 aromatic rings. The van der Waals surface area contributed by atoms with E-state index in [0.29, 0.717) is 6.16 Å². The van der Waals surface area contributed by atoms with Gasteiger partial charge in [0.15, 0.2) is 0 Å². The third-order valence-electron chi connectivity index (χ3n) is 4.28. The molecule has 0 unspecified atom stereocenters. The third-order valence-corrected chi connectivity index (χ3v) is 6.38. The normalized spacial score (nSPS) is 29.2. The van der Waals surface area contributed by atoms with E-state index in [-0.39, 0.29) is 0 Å². The zero-order valence-corrected chi connectivity index (χ0v) is 12.9. The second kappa shape index (κ2) is 4.77. The Morgan fingerprint density at radius 1 is 1.06 bits per heavy atom. The van der Waals surface area contributed by atoms with E-state index in [9.17, 15) is 4.57 Å². The Kier molecular flexibility index (Phi) is 3.79. The van der Waals surface area contributed by atoms with Crippen LogP contribution in [-0.2, 0) is 13.6 Å². The molecule has 1 saturated heterocycles. The van der Waals surface area contributed by atoms with Gasteiger partial charge in [0, 0.05) is 0 Å². The molecule has 2 fully saturated rings. The van der Waals surface area contributed by atoms with Gasteiger partial charge in [-0.3, -0.25) is 13.6 Å². The first-order chi connectivity index (χ1) is 8.24. The summed E-state index contributed by atoms with van der Waals surface area (Å²) in [6.07, 6.45) is 8.65. The van der Waals surface area contributed by atoms with Crippen LogP contribution in [0.25, 0.3) is 0 Å². The predicted octanol–water partition coefficient (Wildman–Crippen LogP) is 4.67. The third kappa shape index (κ3) is 2.89. The van der Waals surface area contributed by atoms with Crippen molar-refractivity contribution in [3.05, 3.63) is 11.6 Å². The average Bonchev–Trinajstić information content (AvgIpc) is 2.42. The Morgan fingerprint density at radius 2 is 1.56 bits per heavy atom. The summed E-state index contributed by atoms with van der Waals surface area (Å²) in [5.41, 5.74) is 0.437. The quantitative estimate of drug-likeness (QED) is 0.541. The molecule has 0 bridgehead atoms. The Hall–Kier alpha value is -0.110. The molecular formula is C14H25O3P. The van der Waals surface area contributed by atoms with Crippen LogP contribution < -0.4 is 0 Å². The standard InChI is InChI=1S/C14H25O3P/c1-13(2)14(3,4)17-18(15,16-13)11-10-12-8-6-5-7-9-12/h10H,5-9,11H2,1-4H3. The van der Waals surface area contributed by atoms with E-state index in [0.717, 1.165) is 12.8 Å². The van der Waals surface area contributed by atoms with Crippen molar-refractivity contribution in [3.63, 3.8) is 0 Å². The van der Waals surface area contributed by atoms with Crippen molar-refractivity contribution in [2.75, 3.05) is 6.16 Å². The van der Waals surface area contributed by atoms with Crippen molar-refractivity contribution in [2.45, 2.75) is 71.0 Å². The minimum atomic E-state index is -2.96. The lowest BCUT2D eigenvalue weighted by Gasteiger charge is -2.29. The summed E-state index contributed by atoms with van der Waals surface area (Å²) in [6.45, 7) is 7.78. The van der Waals surface area contributed by atoms with E-state index in [2.05, 4.69) is 6.08 Å². The zero-order valence-electron chi connectivity index (χ0n) is 12.0. The van der Waals surface area contributed by atoms with Gasteiger partial charge < -0.3 is 0 Å². The molecule has 1 heterocycles. The first kappa shape index (κ1) is 14.3. The molecule has 1 saturated carbocycles. The number of hydrogen-bond donors (Lipinski definition) is 0. The SMILES string of the molecule is CC1(C)OP(=O)(CC=C2CCCCC2)OC1(C)C. The fourth-order valence-electron chi connectivity index (χ4n) is 2.46. The molecule has 104 valence electrons. The molecule has 3 nitrogen and oxygen atoms in total. The fraction of sp³-hybridized carbons (Fsp3) is 0.857. The number of allylic oxidation sites excluding steroid dienone is 2. The van der Waals surface area contributed by atoms with Crippen LogP contribution in [0.3, 0.4) is 0 Å². The van der Waals surface area contributed by atoms with Crippen LogP contribution in [0.5, 0.6) is 0 Å². The second-order valence-corrected chi connectivity index (χ2v) is 8.37. The molecule has 0 radical (unpaired) electrons. The van der Waals surface area contributed by atoms with E-state index >= 15 is 0 Å². The van der Waals surface area contributed by atoms with E-state index in [1.54, 1.807) is 0 Å². The van der Waals surface area contributed by atoms with Crippen LogP contribution in [0.4, 0.5) is 0 Å². The van der Waals surface area contributed by atoms with Crippen molar-refractivity contribution < 1.29 is 13.6 Å². The van der Waals surface area contributed by atoms with Gasteiger partial charge in [0.1, 0.15) is 11.2 Å². The largest absolute Gasteiger partial charge is 0.335 e. The van der Waals surface area contributed by atoms with E-state index in [1.165, 1.54) is 24.8 Å². The first-order valence-electron chi connectivity index (χ1n) is 6.93. The molecule has 18 heavy (non-hydrogen) atoms. The van der Waals surface area contributed by atoms with Crippen LogP contribution in [0.15, 0.2) is 11.6 Å². The Bertz CT molecular complexity index is 368. The van der Waals surface area contributed by atoms with E-state index in [4.69, 9.17) is 9.05 Å². The smallest absolute Gasteiger partial charge is 0.299 e. The van der Waals surface area contributed by atoms with Crippen molar-refractivity contribution in [2.24, 2.45) is 0 Å². The highest BCUT2D eigenvalue weighted by molar-refractivity contribution is 7.54. The fourth-order valence-corrected chi connectivity index (χ4v) is 4.96. The molecule has 0 aromatic heterocycles. The molecule has 0 atom stereocenters. The molecule has 2 rings (SSSR count). The zero-order chi connectivity index (χ0) is 13.4. The first-order valence-corrected chi connectivity index (χ1v) is 8.65. The molecule has 1 aliphatic heterocycles. The van der Waals surface area contributed by atoms with Gasteiger partial charge in [0.2, 0.25) is 0 Å². The Morgan fingerprint density at radius 3 is 2.06 bits per heavy atom. The summed E-state index contributed by atoms with van der Waals surface area (Å²) in [5.74, 6) is 0. The number of hydrogen-bond acceptors (Lipinski definition) is 3. The lowest BCUT2D eigenvalue weighted by Crippen LogP contribution is -2.41. The Labute approximate surface area is 110 Å². The highest BCUT2D eigenvalue weighted by Gasteiger charge is 2.54. The van der Waals surface area contributed by atoms with Crippen molar-refractivity contribution in [1.29, 1.82) is 0 Å². The molecule has 0 aromatic carbocycles. The summed E-state index contributed by atoms with van der Waals surface area (Å²) in [5, 5.41) is 0. The van der Waals surface area contributed by atoms with E-state index in [1.807, 2.05) is 27.7 Å². The highest BCUT2D eigenvalue weighted by Crippen LogP contribution is 2.63. The van der Waals surface area contributed by atoms with Crippen LogP contribution in [0.1, 0.15) is 59.8 Å². The van der Waals surface area contributed by atoms with Gasteiger partial charge >= 0.3 is 7.60 Å². The molecule has 1 aliphatic carbocycles. The average molecular weight is 272 g/mol. The van der Waals surface area contributed by atoms with Gasteiger partial charge in [-0.15, -0.1) is 0 Å². The summed E-state index contributed by atoms with van der Waals surface area (Å²) >= 11 is 0. The summed E-state index contributed by atoms with van der Waals surface area (Å²) < 4.78 is 24.1. The van der Waals surface area contributed by atoms with Gasteiger partial charge in [-0.1, -0.05) is 18.1 Å². The number of rotatable bonds is 2. The summed E-state index contributed by atoms with van der Waals surface area (Å²) in [7, 11) is -2.96. The van der Waals surface area contributed by atoms with Crippen LogP contribution in [-0.4, -0.2) is 17.4 Å². The minimum absolute atomic E-state index is 0.426. The van der Waals surface area contributed by atoms with Gasteiger partial charge in [-0.05, 0) is 53.4 Å². The molecule has 0 amide bonds. The van der Waals surface area contributed by atoms with Crippen molar-refractivity contribution in [1.82, 2.24) is 0 Å². The van der Waals surface area contributed by atoms with Gasteiger partial charge in [-0.2, -0.15) is 0 Å². The van der Waals surface area contributed by atoms with Crippen molar-refractivity contribution >= 4 is 7.60 Å². The maximum Gasteiger partial charge on any atom is 0.335 e. The van der Waals surface area contributed by atoms with Crippen LogP contribution in [0.2, 0.25) is 0 Å². The monoisotopic (exact) mass is 272 g/mol. The topological polar surface area (TPSA) is 35.5 Å². The minimum Gasteiger partial charge on any atom is -0.299 e. The lowest BCUT2D eigenvalue weighted by molar-refractivity contribution is 0.00578. The Balaban J connectivity index is 2.04. The summed E-state index contributed by atoms with van der Waals surface area (Å²) in [6, 6.07) is 0. The molecular weight excluding hydrogens is 247 g/mol. The predicted molar refractivity (Wildman–Crippen MR) is 74.0 cm³/mol. The maximum absolute atomic E-state index is 12.6. The summed E-state index contributed by atoms with van der Waals surface area (Å²) in [4.78, 5) is 0. The van der Waals surface area contributed by atoms with Crippen LogP contribution in [0, 0.1) is 0 Å². The van der Waals surface area contributed by atoms with Crippen molar-refractivity contribution in [3.8, 4) is 0 Å². The van der Waals surface area contributed by atoms with Gasteiger partial charge in [0.25, 0.3) is 0 Å². The molecule has 0 spiro atoms. The highest BCUT2D eigenvalue weighted by atomic mass is 31.2. The molecule has 0 N–H and O–H groups in total. The lowest BCUT2D eigenvalue weighted by atomic mass is 9.90. The van der Waals surface area contributed by atoms with Gasteiger partial charge in [-0.25, -0.2) is 0 Å². The molecule has 4 heteroatoms. The van der Waals surface area contributed by atoms with Crippen LogP contribution >= 0.6 is 7.60 Å². The maximum atomic E-state index is 12.6. The molecule has 2 aliphatic rings. The van der Waals surface area contributed by atoms with Gasteiger partial charge in [0.05, 0.1) is 6.16 Å². The van der Waals surface area contributed by atoms with E-state index < -0.39 is 18.8 Å².